The third kappa shape index (κ3) is 2.95. The summed E-state index contributed by atoms with van der Waals surface area (Å²) in [6.45, 7) is 5.02. The number of imidazole rings is 1. The number of hydrogen-bond acceptors (Lipinski definition) is 3. The molecular formula is C17H20ClF3N4O. The Labute approximate surface area is 154 Å². The van der Waals surface area contributed by atoms with E-state index in [-0.39, 0.29) is 35.6 Å². The van der Waals surface area contributed by atoms with E-state index >= 15 is 0 Å². The second kappa shape index (κ2) is 6.13. The van der Waals surface area contributed by atoms with Gasteiger partial charge in [-0.25, -0.2) is 4.98 Å². The molecule has 1 saturated heterocycles. The fourth-order valence-corrected chi connectivity index (χ4v) is 3.94. The summed E-state index contributed by atoms with van der Waals surface area (Å²) in [5.41, 5.74) is -1.97. The van der Waals surface area contributed by atoms with Gasteiger partial charge in [0.2, 0.25) is 5.91 Å². The third-order valence-corrected chi connectivity index (χ3v) is 5.21. The molecule has 1 unspecified atom stereocenters. The Morgan fingerprint density at radius 3 is 2.54 bits per heavy atom. The van der Waals surface area contributed by atoms with Crippen molar-refractivity contribution in [2.75, 3.05) is 13.1 Å². The summed E-state index contributed by atoms with van der Waals surface area (Å²) < 4.78 is 41.3. The number of piperidine rings is 1. The number of carbonyl (C=O) groups is 1. The first-order valence-corrected chi connectivity index (χ1v) is 8.27. The second-order valence-corrected chi connectivity index (χ2v) is 7.36. The predicted molar refractivity (Wildman–Crippen MR) is 92.0 cm³/mol. The number of carbonyl (C=O) groups excluding carboxylic acids is 1. The lowest BCUT2D eigenvalue weighted by molar-refractivity contribution is -0.139. The van der Waals surface area contributed by atoms with Crippen molar-refractivity contribution in [2.24, 2.45) is 17.8 Å². The van der Waals surface area contributed by atoms with Crippen LogP contribution < -0.4 is 10.6 Å². The highest BCUT2D eigenvalue weighted by Gasteiger charge is 2.57. The lowest BCUT2D eigenvalue weighted by atomic mass is 10.0. The van der Waals surface area contributed by atoms with Crippen molar-refractivity contribution in [3.8, 4) is 0 Å². The number of rotatable bonds is 3. The van der Waals surface area contributed by atoms with Crippen LogP contribution in [0.5, 0.6) is 0 Å². The van der Waals surface area contributed by atoms with Crippen molar-refractivity contribution in [1.29, 1.82) is 0 Å². The maximum atomic E-state index is 13.3. The number of fused-ring (bicyclic) bond motifs is 2. The number of pyridine rings is 1. The summed E-state index contributed by atoms with van der Waals surface area (Å²) in [5, 5.41) is 6.13. The van der Waals surface area contributed by atoms with Gasteiger partial charge in [0.05, 0.1) is 11.1 Å². The molecule has 142 valence electrons. The van der Waals surface area contributed by atoms with E-state index in [9.17, 15) is 18.0 Å². The molecule has 3 heterocycles. The number of amides is 1. The van der Waals surface area contributed by atoms with E-state index < -0.39 is 17.4 Å². The minimum Gasteiger partial charge on any atom is -0.344 e. The number of halogens is 4. The molecule has 5 nitrogen and oxygen atoms in total. The summed E-state index contributed by atoms with van der Waals surface area (Å²) in [6, 6.07) is 4.57. The maximum Gasteiger partial charge on any atom is 0.435 e. The molecule has 0 spiro atoms. The van der Waals surface area contributed by atoms with Crippen LogP contribution in [0.25, 0.3) is 5.52 Å². The predicted octanol–water partition coefficient (Wildman–Crippen LogP) is 2.59. The molecule has 2 fully saturated rings. The Morgan fingerprint density at radius 1 is 1.27 bits per heavy atom. The van der Waals surface area contributed by atoms with E-state index in [0.717, 1.165) is 13.1 Å². The van der Waals surface area contributed by atoms with Crippen molar-refractivity contribution >= 4 is 23.8 Å². The van der Waals surface area contributed by atoms with Crippen LogP contribution in [0.4, 0.5) is 13.2 Å². The molecule has 3 atom stereocenters. The molecule has 1 aliphatic carbocycles. The fraction of sp³-hybridized carbons (Fsp3) is 0.529. The molecule has 26 heavy (non-hydrogen) atoms. The van der Waals surface area contributed by atoms with Crippen molar-refractivity contribution < 1.29 is 18.0 Å². The average molecular weight is 389 g/mol. The minimum atomic E-state index is -4.55. The lowest BCUT2D eigenvalue weighted by Gasteiger charge is -2.25. The molecule has 2 aromatic heterocycles. The number of alkyl halides is 3. The lowest BCUT2D eigenvalue weighted by Crippen LogP contribution is -2.44. The van der Waals surface area contributed by atoms with Gasteiger partial charge >= 0.3 is 6.18 Å². The molecule has 9 heteroatoms. The van der Waals surface area contributed by atoms with E-state index in [1.807, 2.05) is 0 Å². The van der Waals surface area contributed by atoms with Crippen LogP contribution >= 0.6 is 12.4 Å². The first-order chi connectivity index (χ1) is 11.7. The molecule has 0 bridgehead atoms. The zero-order valence-electron chi connectivity index (χ0n) is 14.3. The smallest absolute Gasteiger partial charge is 0.344 e. The molecule has 2 N–H and O–H groups in total. The Bertz CT molecular complexity index is 838. The molecule has 2 aliphatic rings. The summed E-state index contributed by atoms with van der Waals surface area (Å²) in [4.78, 5) is 16.4. The van der Waals surface area contributed by atoms with E-state index in [2.05, 4.69) is 15.6 Å². The van der Waals surface area contributed by atoms with Crippen LogP contribution in [0.3, 0.4) is 0 Å². The number of nitrogens with one attached hydrogen (secondary N) is 2. The third-order valence-electron chi connectivity index (χ3n) is 5.21. The van der Waals surface area contributed by atoms with Crippen molar-refractivity contribution in [1.82, 2.24) is 20.0 Å². The molecule has 1 saturated carbocycles. The zero-order chi connectivity index (χ0) is 18.0. The Hall–Kier alpha value is -1.80. The molecular weight excluding hydrogens is 369 g/mol. The Kier molecular flexibility index (Phi) is 4.47. The molecule has 0 radical (unpaired) electrons. The van der Waals surface area contributed by atoms with Gasteiger partial charge in [-0.05, 0) is 50.9 Å². The van der Waals surface area contributed by atoms with E-state index in [1.54, 1.807) is 26.0 Å². The summed E-state index contributed by atoms with van der Waals surface area (Å²) in [6.07, 6.45) is -3.01. The quantitative estimate of drug-likeness (QED) is 0.849. The fourth-order valence-electron chi connectivity index (χ4n) is 3.94. The van der Waals surface area contributed by atoms with Crippen LogP contribution in [0.15, 0.2) is 24.4 Å². The molecule has 2 aromatic rings. The minimum absolute atomic E-state index is 0. The number of hydrogen-bond donors (Lipinski definition) is 2. The molecule has 4 rings (SSSR count). The molecule has 1 amide bonds. The summed E-state index contributed by atoms with van der Waals surface area (Å²) in [5.74, 6) is 0.710. The highest BCUT2D eigenvalue weighted by atomic mass is 35.5. The second-order valence-electron chi connectivity index (χ2n) is 7.36. The van der Waals surface area contributed by atoms with E-state index in [4.69, 9.17) is 0 Å². The normalized spacial score (nSPS) is 24.9. The SMILES string of the molecule is CC(C)(NC(=O)C1[C@H]2CNC[C@@H]12)c1nc(C(F)(F)F)c2ccccn12.Cl. The van der Waals surface area contributed by atoms with Gasteiger partial charge in [-0.1, -0.05) is 6.07 Å². The molecule has 1 aliphatic heterocycles. The van der Waals surface area contributed by atoms with Gasteiger partial charge in [0.1, 0.15) is 5.82 Å². The van der Waals surface area contributed by atoms with Gasteiger partial charge in [-0.15, -0.1) is 12.4 Å². The van der Waals surface area contributed by atoms with Crippen LogP contribution in [-0.2, 0) is 16.5 Å². The molecule has 0 aromatic carbocycles. The van der Waals surface area contributed by atoms with Crippen molar-refractivity contribution in [3.63, 3.8) is 0 Å². The first kappa shape index (κ1) is 19.0. The van der Waals surface area contributed by atoms with Crippen LogP contribution in [0, 0.1) is 17.8 Å². The van der Waals surface area contributed by atoms with Gasteiger partial charge in [-0.2, -0.15) is 13.2 Å². The maximum absolute atomic E-state index is 13.3. The highest BCUT2D eigenvalue weighted by Crippen LogP contribution is 2.49. The summed E-state index contributed by atoms with van der Waals surface area (Å²) in [7, 11) is 0. The van der Waals surface area contributed by atoms with Gasteiger partial charge in [0, 0.05) is 12.1 Å². The summed E-state index contributed by atoms with van der Waals surface area (Å²) >= 11 is 0. The van der Waals surface area contributed by atoms with E-state index in [0.29, 0.717) is 11.8 Å². The van der Waals surface area contributed by atoms with Gasteiger partial charge in [0.25, 0.3) is 0 Å². The monoisotopic (exact) mass is 388 g/mol. The number of nitrogens with zero attached hydrogens (tertiary/aromatic N) is 2. The largest absolute Gasteiger partial charge is 0.435 e. The Balaban J connectivity index is 0.00000196. The van der Waals surface area contributed by atoms with Gasteiger partial charge < -0.3 is 15.0 Å². The van der Waals surface area contributed by atoms with Crippen LogP contribution in [0.1, 0.15) is 25.4 Å². The van der Waals surface area contributed by atoms with Gasteiger partial charge in [-0.3, -0.25) is 4.79 Å². The average Bonchev–Trinajstić information content (AvgIpc) is 2.87. The first-order valence-electron chi connectivity index (χ1n) is 8.27. The van der Waals surface area contributed by atoms with Gasteiger partial charge in [0.15, 0.2) is 5.69 Å². The number of aromatic nitrogens is 2. The standard InChI is InChI=1S/C17H19F3N4O.ClH/c1-16(2,23-14(25)12-9-7-21-8-10(9)12)15-22-13(17(18,19)20)11-5-3-4-6-24(11)15;/h3-6,9-10,12,21H,7-8H2,1-2H3,(H,23,25);1H/t9-,10+,12?;. The Morgan fingerprint density at radius 2 is 1.92 bits per heavy atom. The van der Waals surface area contributed by atoms with E-state index in [1.165, 1.54) is 16.7 Å². The van der Waals surface area contributed by atoms with Crippen LogP contribution in [0.2, 0.25) is 0 Å². The highest BCUT2D eigenvalue weighted by molar-refractivity contribution is 5.85. The zero-order valence-corrected chi connectivity index (χ0v) is 15.1. The topological polar surface area (TPSA) is 58.4 Å². The van der Waals surface area contributed by atoms with Crippen molar-refractivity contribution in [3.05, 3.63) is 35.9 Å². The van der Waals surface area contributed by atoms with Crippen molar-refractivity contribution in [2.45, 2.75) is 25.6 Å². The van der Waals surface area contributed by atoms with Crippen LogP contribution in [-0.4, -0.2) is 28.4 Å².